The molecule has 1 aromatic rings. The van der Waals surface area contributed by atoms with E-state index in [1.165, 1.54) is 37.4 Å². The minimum atomic E-state index is 0.0268. The van der Waals surface area contributed by atoms with Crippen molar-refractivity contribution in [3.63, 3.8) is 0 Å². The van der Waals surface area contributed by atoms with E-state index in [1.54, 1.807) is 11.9 Å². The summed E-state index contributed by atoms with van der Waals surface area (Å²) in [5.74, 6) is 2.12. The zero-order chi connectivity index (χ0) is 17.8. The number of nitriles is 1. The van der Waals surface area contributed by atoms with Crippen molar-refractivity contribution >= 4 is 23.6 Å². The molecule has 3 rings (SSSR count). The Labute approximate surface area is 153 Å². The van der Waals surface area contributed by atoms with Crippen molar-refractivity contribution in [2.24, 2.45) is 5.92 Å². The standard InChI is InChI=1S/C17H26N6OS/c1-13-6-10-22(11-7-13)16-19-20-17(23(16)14-4-5-14)25-12-15(24)21(2)9-3-8-18/h13-14H,3-7,9-12H2,1-2H3. The van der Waals surface area contributed by atoms with Crippen LogP contribution in [0.4, 0.5) is 5.95 Å². The quantitative estimate of drug-likeness (QED) is 0.693. The van der Waals surface area contributed by atoms with Crippen molar-refractivity contribution in [3.8, 4) is 6.07 Å². The first-order valence-electron chi connectivity index (χ1n) is 9.03. The molecule has 0 atom stereocenters. The van der Waals surface area contributed by atoms with Crippen molar-refractivity contribution in [2.45, 2.75) is 50.2 Å². The lowest BCUT2D eigenvalue weighted by Crippen LogP contribution is -2.34. The van der Waals surface area contributed by atoms with E-state index in [1.807, 2.05) is 0 Å². The van der Waals surface area contributed by atoms with Gasteiger partial charge in [0, 0.05) is 32.7 Å². The van der Waals surface area contributed by atoms with Crippen molar-refractivity contribution in [1.82, 2.24) is 19.7 Å². The zero-order valence-electron chi connectivity index (χ0n) is 15.0. The van der Waals surface area contributed by atoms with Crippen LogP contribution < -0.4 is 4.90 Å². The van der Waals surface area contributed by atoms with Gasteiger partial charge in [-0.25, -0.2) is 0 Å². The number of thioether (sulfide) groups is 1. The summed E-state index contributed by atoms with van der Waals surface area (Å²) in [5.41, 5.74) is 0. The van der Waals surface area contributed by atoms with Gasteiger partial charge in [-0.15, -0.1) is 10.2 Å². The fourth-order valence-electron chi connectivity index (χ4n) is 3.02. The van der Waals surface area contributed by atoms with Gasteiger partial charge in [-0.3, -0.25) is 9.36 Å². The third kappa shape index (κ3) is 4.46. The SMILES string of the molecule is CC1CCN(c2nnc(SCC(=O)N(C)CCC#N)n2C2CC2)CC1. The van der Waals surface area contributed by atoms with E-state index in [0.29, 0.717) is 24.8 Å². The predicted molar refractivity (Wildman–Crippen MR) is 97.5 cm³/mol. The summed E-state index contributed by atoms with van der Waals surface area (Å²) in [4.78, 5) is 16.1. The number of hydrogen-bond donors (Lipinski definition) is 0. The maximum Gasteiger partial charge on any atom is 0.232 e. The van der Waals surface area contributed by atoms with Crippen LogP contribution in [0, 0.1) is 17.2 Å². The molecule has 2 fully saturated rings. The van der Waals surface area contributed by atoms with Crippen molar-refractivity contribution < 1.29 is 4.79 Å². The molecule has 8 heteroatoms. The van der Waals surface area contributed by atoms with E-state index in [9.17, 15) is 4.79 Å². The molecular formula is C17H26N6OS. The Kier molecular flexibility index (Phi) is 5.84. The van der Waals surface area contributed by atoms with Gasteiger partial charge >= 0.3 is 0 Å². The van der Waals surface area contributed by atoms with Gasteiger partial charge in [0.05, 0.1) is 18.2 Å². The van der Waals surface area contributed by atoms with Gasteiger partial charge in [-0.05, 0) is 31.6 Å². The second kappa shape index (κ2) is 8.09. The van der Waals surface area contributed by atoms with E-state index in [-0.39, 0.29) is 5.91 Å². The maximum absolute atomic E-state index is 12.2. The van der Waals surface area contributed by atoms with Gasteiger partial charge in [0.2, 0.25) is 11.9 Å². The number of anilines is 1. The topological polar surface area (TPSA) is 78.1 Å². The Morgan fingerprint density at radius 1 is 1.32 bits per heavy atom. The number of rotatable bonds is 7. The average molecular weight is 363 g/mol. The molecular weight excluding hydrogens is 336 g/mol. The Hall–Kier alpha value is -1.75. The van der Waals surface area contributed by atoms with Crippen LogP contribution in [0.2, 0.25) is 0 Å². The molecule has 25 heavy (non-hydrogen) atoms. The summed E-state index contributed by atoms with van der Waals surface area (Å²) in [5, 5.41) is 18.3. The van der Waals surface area contributed by atoms with E-state index >= 15 is 0 Å². The Bertz CT molecular complexity index is 642. The molecule has 1 amide bonds. The van der Waals surface area contributed by atoms with Crippen LogP contribution in [0.25, 0.3) is 0 Å². The number of aromatic nitrogens is 3. The molecule has 136 valence electrons. The van der Waals surface area contributed by atoms with E-state index < -0.39 is 0 Å². The van der Waals surface area contributed by atoms with Gasteiger partial charge in [0.25, 0.3) is 0 Å². The monoisotopic (exact) mass is 362 g/mol. The highest BCUT2D eigenvalue weighted by Gasteiger charge is 2.32. The fourth-order valence-corrected chi connectivity index (χ4v) is 3.96. The highest BCUT2D eigenvalue weighted by Crippen LogP contribution is 2.41. The Morgan fingerprint density at radius 3 is 2.68 bits per heavy atom. The second-order valence-electron chi connectivity index (χ2n) is 7.07. The predicted octanol–water partition coefficient (Wildman–Crippen LogP) is 2.31. The van der Waals surface area contributed by atoms with Gasteiger partial charge in [0.15, 0.2) is 5.16 Å². The first-order chi connectivity index (χ1) is 12.1. The van der Waals surface area contributed by atoms with Crippen molar-refractivity contribution in [3.05, 3.63) is 0 Å². The first kappa shape index (κ1) is 18.1. The molecule has 1 aliphatic heterocycles. The summed E-state index contributed by atoms with van der Waals surface area (Å²) < 4.78 is 2.24. The summed E-state index contributed by atoms with van der Waals surface area (Å²) in [6, 6.07) is 2.55. The number of carbonyl (C=O) groups excluding carboxylic acids is 1. The van der Waals surface area contributed by atoms with Crippen LogP contribution in [-0.2, 0) is 4.79 Å². The molecule has 2 heterocycles. The molecule has 2 aliphatic rings. The highest BCUT2D eigenvalue weighted by molar-refractivity contribution is 7.99. The normalized spacial score (nSPS) is 18.2. The molecule has 0 N–H and O–H groups in total. The summed E-state index contributed by atoms with van der Waals surface area (Å²) >= 11 is 1.46. The smallest absolute Gasteiger partial charge is 0.232 e. The fraction of sp³-hybridized carbons (Fsp3) is 0.765. The molecule has 1 aliphatic carbocycles. The van der Waals surface area contributed by atoms with Crippen LogP contribution >= 0.6 is 11.8 Å². The third-order valence-corrected chi connectivity index (χ3v) is 5.86. The van der Waals surface area contributed by atoms with Crippen LogP contribution in [-0.4, -0.2) is 58.0 Å². The number of amides is 1. The van der Waals surface area contributed by atoms with Crippen LogP contribution in [0.5, 0.6) is 0 Å². The van der Waals surface area contributed by atoms with Gasteiger partial charge in [-0.2, -0.15) is 5.26 Å². The van der Waals surface area contributed by atoms with E-state index in [0.717, 1.165) is 30.1 Å². The first-order valence-corrected chi connectivity index (χ1v) is 10.0. The average Bonchev–Trinajstić information content (AvgIpc) is 3.37. The number of hydrogen-bond acceptors (Lipinski definition) is 6. The molecule has 1 aromatic heterocycles. The summed E-state index contributed by atoms with van der Waals surface area (Å²) in [6.45, 7) is 4.85. The maximum atomic E-state index is 12.2. The lowest BCUT2D eigenvalue weighted by molar-refractivity contribution is -0.127. The Balaban J connectivity index is 1.64. The van der Waals surface area contributed by atoms with Crippen LogP contribution in [0.3, 0.4) is 0 Å². The molecule has 0 unspecified atom stereocenters. The molecule has 1 saturated heterocycles. The third-order valence-electron chi connectivity index (χ3n) is 4.93. The lowest BCUT2D eigenvalue weighted by atomic mass is 10.00. The summed E-state index contributed by atoms with van der Waals surface area (Å²) in [6.07, 6.45) is 5.09. The highest BCUT2D eigenvalue weighted by atomic mass is 32.2. The van der Waals surface area contributed by atoms with Crippen LogP contribution in [0.1, 0.15) is 45.1 Å². The molecule has 7 nitrogen and oxygen atoms in total. The molecule has 1 saturated carbocycles. The minimum Gasteiger partial charge on any atom is -0.344 e. The van der Waals surface area contributed by atoms with Gasteiger partial charge < -0.3 is 9.80 Å². The molecule has 0 bridgehead atoms. The van der Waals surface area contributed by atoms with Gasteiger partial charge in [-0.1, -0.05) is 18.7 Å². The summed E-state index contributed by atoms with van der Waals surface area (Å²) in [7, 11) is 1.74. The molecule has 0 aromatic carbocycles. The number of piperidine rings is 1. The minimum absolute atomic E-state index is 0.0268. The number of carbonyl (C=O) groups is 1. The second-order valence-corrected chi connectivity index (χ2v) is 8.01. The Morgan fingerprint density at radius 2 is 2.04 bits per heavy atom. The van der Waals surface area contributed by atoms with E-state index in [4.69, 9.17) is 5.26 Å². The lowest BCUT2D eigenvalue weighted by Gasteiger charge is -2.31. The van der Waals surface area contributed by atoms with E-state index in [2.05, 4.69) is 32.7 Å². The van der Waals surface area contributed by atoms with Crippen molar-refractivity contribution in [2.75, 3.05) is 37.3 Å². The molecule has 0 spiro atoms. The molecule has 0 radical (unpaired) electrons. The van der Waals surface area contributed by atoms with Gasteiger partial charge in [0.1, 0.15) is 0 Å². The number of nitrogens with zero attached hydrogens (tertiary/aromatic N) is 6. The van der Waals surface area contributed by atoms with Crippen LogP contribution in [0.15, 0.2) is 5.16 Å². The van der Waals surface area contributed by atoms with Crippen molar-refractivity contribution in [1.29, 1.82) is 5.26 Å². The zero-order valence-corrected chi connectivity index (χ0v) is 15.8. The largest absolute Gasteiger partial charge is 0.344 e.